The zero-order valence-corrected chi connectivity index (χ0v) is 18.0. The summed E-state index contributed by atoms with van der Waals surface area (Å²) in [5.74, 6) is -0.110. The molecule has 0 unspecified atom stereocenters. The molecule has 1 aliphatic rings. The normalized spacial score (nSPS) is 14.9. The summed E-state index contributed by atoms with van der Waals surface area (Å²) in [5.41, 5.74) is 0.373. The largest absolute Gasteiger partial charge is 0.484 e. The molecule has 0 aliphatic heterocycles. The molecule has 9 nitrogen and oxygen atoms in total. The minimum Gasteiger partial charge on any atom is -0.484 e. The van der Waals surface area contributed by atoms with Gasteiger partial charge in [0.15, 0.2) is 6.61 Å². The van der Waals surface area contributed by atoms with Gasteiger partial charge in [0, 0.05) is 30.9 Å². The van der Waals surface area contributed by atoms with Crippen LogP contribution < -0.4 is 10.1 Å². The van der Waals surface area contributed by atoms with Gasteiger partial charge in [0.25, 0.3) is 11.6 Å². The van der Waals surface area contributed by atoms with Crippen LogP contribution in [0.4, 0.5) is 11.4 Å². The van der Waals surface area contributed by atoms with Crippen LogP contribution >= 0.6 is 0 Å². The van der Waals surface area contributed by atoms with Crippen molar-refractivity contribution in [3.8, 4) is 5.75 Å². The van der Waals surface area contributed by atoms with E-state index in [0.717, 1.165) is 32.1 Å². The molecule has 3 rings (SSSR count). The summed E-state index contributed by atoms with van der Waals surface area (Å²) >= 11 is 0. The molecule has 0 aromatic heterocycles. The average Bonchev–Trinajstić information content (AvgIpc) is 2.78. The molecule has 1 N–H and O–H groups in total. The van der Waals surface area contributed by atoms with E-state index in [-0.39, 0.29) is 23.2 Å². The Kier molecular flexibility index (Phi) is 7.24. The minimum atomic E-state index is -3.59. The first kappa shape index (κ1) is 22.7. The number of nitro groups is 1. The highest BCUT2D eigenvalue weighted by molar-refractivity contribution is 7.89. The number of hydrogen-bond donors (Lipinski definition) is 1. The number of carbonyl (C=O) groups is 1. The van der Waals surface area contributed by atoms with Crippen molar-refractivity contribution in [1.29, 1.82) is 0 Å². The Morgan fingerprint density at radius 3 is 2.29 bits per heavy atom. The Labute approximate surface area is 181 Å². The summed E-state index contributed by atoms with van der Waals surface area (Å²) < 4.78 is 32.5. The highest BCUT2D eigenvalue weighted by Crippen LogP contribution is 2.27. The lowest BCUT2D eigenvalue weighted by atomic mass is 9.96. The summed E-state index contributed by atoms with van der Waals surface area (Å²) in [7, 11) is -1.97. The highest BCUT2D eigenvalue weighted by Gasteiger charge is 2.28. The van der Waals surface area contributed by atoms with Crippen molar-refractivity contribution in [3.63, 3.8) is 0 Å². The number of nitro benzene ring substituents is 1. The van der Waals surface area contributed by atoms with E-state index in [4.69, 9.17) is 4.74 Å². The SMILES string of the molecule is CN(C1CCCCC1)S(=O)(=O)c1ccc(NC(=O)COc2ccc([N+](=O)[O-])cc2)cc1. The molecule has 1 fully saturated rings. The maximum Gasteiger partial charge on any atom is 0.269 e. The number of ether oxygens (including phenoxy) is 1. The van der Waals surface area contributed by atoms with Gasteiger partial charge in [-0.15, -0.1) is 0 Å². The summed E-state index contributed by atoms with van der Waals surface area (Å²) in [6, 6.07) is 11.4. The molecule has 166 valence electrons. The standard InChI is InChI=1S/C21H25N3O6S/c1-23(17-5-3-2-4-6-17)31(28,29)20-13-7-16(8-14-20)22-21(25)15-30-19-11-9-18(10-12-19)24(26)27/h7-14,17H,2-6,15H2,1H3,(H,22,25). The Morgan fingerprint density at radius 2 is 1.71 bits per heavy atom. The molecule has 10 heteroatoms. The fourth-order valence-electron chi connectivity index (χ4n) is 3.53. The minimum absolute atomic E-state index is 0.0229. The third kappa shape index (κ3) is 5.80. The molecule has 0 saturated heterocycles. The summed E-state index contributed by atoms with van der Waals surface area (Å²) in [6.07, 6.45) is 4.97. The number of hydrogen-bond acceptors (Lipinski definition) is 6. The molecule has 0 atom stereocenters. The first-order valence-corrected chi connectivity index (χ1v) is 11.5. The number of nitrogens with zero attached hydrogens (tertiary/aromatic N) is 2. The predicted molar refractivity (Wildman–Crippen MR) is 115 cm³/mol. The maximum absolute atomic E-state index is 12.9. The number of nitrogens with one attached hydrogen (secondary N) is 1. The molecule has 31 heavy (non-hydrogen) atoms. The van der Waals surface area contributed by atoms with Crippen molar-refractivity contribution in [2.45, 2.75) is 43.0 Å². The Bertz CT molecular complexity index is 1020. The number of anilines is 1. The fraction of sp³-hybridized carbons (Fsp3) is 0.381. The van der Waals surface area contributed by atoms with Crippen LogP contribution in [0.1, 0.15) is 32.1 Å². The topological polar surface area (TPSA) is 119 Å². The van der Waals surface area contributed by atoms with Crippen LogP contribution in [-0.2, 0) is 14.8 Å². The number of non-ortho nitro benzene ring substituents is 1. The van der Waals surface area contributed by atoms with Crippen molar-refractivity contribution in [2.75, 3.05) is 19.0 Å². The first-order chi connectivity index (χ1) is 14.8. The van der Waals surface area contributed by atoms with Gasteiger partial charge in [0.1, 0.15) is 5.75 Å². The van der Waals surface area contributed by atoms with Crippen LogP contribution in [-0.4, -0.2) is 43.2 Å². The quantitative estimate of drug-likeness (QED) is 0.488. The van der Waals surface area contributed by atoms with Gasteiger partial charge in [0.05, 0.1) is 9.82 Å². The van der Waals surface area contributed by atoms with Crippen LogP contribution in [0.3, 0.4) is 0 Å². The molecular formula is C21H25N3O6S. The van der Waals surface area contributed by atoms with Crippen molar-refractivity contribution in [1.82, 2.24) is 4.31 Å². The van der Waals surface area contributed by atoms with Gasteiger partial charge in [0.2, 0.25) is 10.0 Å². The van der Waals surface area contributed by atoms with E-state index in [1.54, 1.807) is 7.05 Å². The molecular weight excluding hydrogens is 422 g/mol. The summed E-state index contributed by atoms with van der Waals surface area (Å²) in [4.78, 5) is 22.4. The Hall–Kier alpha value is -2.98. The molecule has 0 bridgehead atoms. The highest BCUT2D eigenvalue weighted by atomic mass is 32.2. The number of sulfonamides is 1. The Morgan fingerprint density at radius 1 is 1.10 bits per heavy atom. The van der Waals surface area contributed by atoms with E-state index in [2.05, 4.69) is 5.32 Å². The van der Waals surface area contributed by atoms with Gasteiger partial charge in [-0.2, -0.15) is 4.31 Å². The molecule has 0 heterocycles. The molecule has 0 spiro atoms. The second-order valence-corrected chi connectivity index (χ2v) is 9.42. The van der Waals surface area contributed by atoms with Gasteiger partial charge in [-0.05, 0) is 49.2 Å². The van der Waals surface area contributed by atoms with Crippen LogP contribution in [0, 0.1) is 10.1 Å². The van der Waals surface area contributed by atoms with E-state index in [1.165, 1.54) is 52.8 Å². The molecule has 1 amide bonds. The zero-order chi connectivity index (χ0) is 22.4. The van der Waals surface area contributed by atoms with Gasteiger partial charge in [-0.25, -0.2) is 8.42 Å². The fourth-order valence-corrected chi connectivity index (χ4v) is 4.94. The lowest BCUT2D eigenvalue weighted by Gasteiger charge is -2.30. The molecule has 1 aliphatic carbocycles. The van der Waals surface area contributed by atoms with Gasteiger partial charge in [-0.3, -0.25) is 14.9 Å². The smallest absolute Gasteiger partial charge is 0.269 e. The third-order valence-electron chi connectivity index (χ3n) is 5.32. The van der Waals surface area contributed by atoms with E-state index < -0.39 is 20.9 Å². The summed E-state index contributed by atoms with van der Waals surface area (Å²) in [5, 5.41) is 13.3. The van der Waals surface area contributed by atoms with Crippen molar-refractivity contribution in [3.05, 3.63) is 58.6 Å². The van der Waals surface area contributed by atoms with Crippen LogP contribution in [0.5, 0.6) is 5.75 Å². The van der Waals surface area contributed by atoms with E-state index in [1.807, 2.05) is 0 Å². The monoisotopic (exact) mass is 447 g/mol. The molecule has 0 radical (unpaired) electrons. The lowest BCUT2D eigenvalue weighted by Crippen LogP contribution is -2.38. The first-order valence-electron chi connectivity index (χ1n) is 10.0. The van der Waals surface area contributed by atoms with Gasteiger partial charge >= 0.3 is 0 Å². The zero-order valence-electron chi connectivity index (χ0n) is 17.2. The predicted octanol–water partition coefficient (Wildman–Crippen LogP) is 3.57. The summed E-state index contributed by atoms with van der Waals surface area (Å²) in [6.45, 7) is -0.289. The molecule has 2 aromatic carbocycles. The van der Waals surface area contributed by atoms with Crippen LogP contribution in [0.15, 0.2) is 53.4 Å². The number of carbonyl (C=O) groups excluding carboxylic acids is 1. The number of benzene rings is 2. The van der Waals surface area contributed by atoms with E-state index in [9.17, 15) is 23.3 Å². The number of rotatable bonds is 8. The Balaban J connectivity index is 1.55. The lowest BCUT2D eigenvalue weighted by molar-refractivity contribution is -0.384. The molecule has 1 saturated carbocycles. The second kappa shape index (κ2) is 9.88. The van der Waals surface area contributed by atoms with Crippen molar-refractivity contribution < 1.29 is 22.9 Å². The van der Waals surface area contributed by atoms with E-state index in [0.29, 0.717) is 11.4 Å². The van der Waals surface area contributed by atoms with Gasteiger partial charge in [-0.1, -0.05) is 19.3 Å². The van der Waals surface area contributed by atoms with E-state index >= 15 is 0 Å². The van der Waals surface area contributed by atoms with Crippen molar-refractivity contribution >= 4 is 27.3 Å². The average molecular weight is 448 g/mol. The molecule has 2 aromatic rings. The van der Waals surface area contributed by atoms with Crippen LogP contribution in [0.2, 0.25) is 0 Å². The van der Waals surface area contributed by atoms with Crippen LogP contribution in [0.25, 0.3) is 0 Å². The third-order valence-corrected chi connectivity index (χ3v) is 7.25. The maximum atomic E-state index is 12.9. The van der Waals surface area contributed by atoms with Crippen molar-refractivity contribution in [2.24, 2.45) is 0 Å². The second-order valence-electron chi connectivity index (χ2n) is 7.43. The van der Waals surface area contributed by atoms with Gasteiger partial charge < -0.3 is 10.1 Å². The number of amides is 1.